The number of hydrogen-bond donors (Lipinski definition) is 2. The third-order valence-electron chi connectivity index (χ3n) is 5.81. The summed E-state index contributed by atoms with van der Waals surface area (Å²) in [6.45, 7) is 1.01. The normalized spacial score (nSPS) is 39.6. The van der Waals surface area contributed by atoms with Gasteiger partial charge in [0.15, 0.2) is 11.5 Å². The summed E-state index contributed by atoms with van der Waals surface area (Å²) < 4.78 is 10.0. The number of rotatable bonds is 2. The monoisotopic (exact) mass is 328 g/mol. The molecule has 3 fully saturated rings. The smallest absolute Gasteiger partial charge is 0.160 e. The van der Waals surface area contributed by atoms with Gasteiger partial charge < -0.3 is 24.6 Å². The van der Waals surface area contributed by atoms with Crippen LogP contribution in [-0.4, -0.2) is 75.7 Å². The van der Waals surface area contributed by atoms with Gasteiger partial charge in [0.1, 0.15) is 7.28 Å². The average molecular weight is 328 g/mol. The van der Waals surface area contributed by atoms with Crippen LogP contribution < -0.4 is 9.47 Å². The fourth-order valence-electron chi connectivity index (χ4n) is 4.45. The van der Waals surface area contributed by atoms with Crippen LogP contribution in [-0.2, 0) is 0 Å². The number of likely N-dealkylation sites (tertiary alicyclic amines) is 1. The van der Waals surface area contributed by atoms with Gasteiger partial charge in [-0.25, -0.2) is 0 Å². The highest BCUT2D eigenvalue weighted by atomic mass is 16.5. The van der Waals surface area contributed by atoms with E-state index < -0.39 is 17.4 Å². The van der Waals surface area contributed by atoms with Crippen molar-refractivity contribution >= 4 is 15.1 Å². The molecule has 4 unspecified atom stereocenters. The maximum Gasteiger partial charge on any atom is 0.160 e. The Morgan fingerprint density at radius 1 is 1.21 bits per heavy atom. The van der Waals surface area contributed by atoms with Gasteiger partial charge in [0.25, 0.3) is 0 Å². The molecule has 2 N–H and O–H groups in total. The lowest BCUT2D eigenvalue weighted by Gasteiger charge is -2.42. The Kier molecular flexibility index (Phi) is 4.62. The first-order valence-electron chi connectivity index (χ1n) is 8.31. The molecule has 2 heterocycles. The van der Waals surface area contributed by atoms with Gasteiger partial charge in [-0.1, -0.05) is 17.3 Å². The molecule has 0 amide bonds. The number of aliphatic hydroxyl groups is 2. The van der Waals surface area contributed by atoms with Crippen LogP contribution in [0.1, 0.15) is 12.8 Å². The van der Waals surface area contributed by atoms with Crippen molar-refractivity contribution < 1.29 is 19.7 Å². The summed E-state index contributed by atoms with van der Waals surface area (Å²) in [4.78, 5) is 2.23. The molecule has 5 nitrogen and oxygen atoms in total. The van der Waals surface area contributed by atoms with Gasteiger partial charge in [-0.15, -0.1) is 0 Å². The van der Waals surface area contributed by atoms with Gasteiger partial charge in [-0.3, -0.25) is 0 Å². The van der Waals surface area contributed by atoms with E-state index in [2.05, 4.69) is 11.9 Å². The molecule has 1 saturated carbocycles. The minimum atomic E-state index is -0.792. The molecule has 1 spiro atoms. The van der Waals surface area contributed by atoms with E-state index in [1.165, 1.54) is 0 Å². The Balaban J connectivity index is 0.000000150. The van der Waals surface area contributed by atoms with E-state index in [0.717, 1.165) is 24.5 Å². The van der Waals surface area contributed by atoms with E-state index in [9.17, 15) is 10.2 Å². The van der Waals surface area contributed by atoms with Crippen molar-refractivity contribution in [3.05, 3.63) is 24.3 Å². The van der Waals surface area contributed by atoms with Gasteiger partial charge in [-0.2, -0.15) is 0 Å². The van der Waals surface area contributed by atoms with Crippen molar-refractivity contribution in [2.45, 2.75) is 35.7 Å². The van der Waals surface area contributed by atoms with Crippen molar-refractivity contribution in [1.29, 1.82) is 0 Å². The fraction of sp³-hybridized carbons (Fsp3) is 0.647. The maximum atomic E-state index is 9.87. The standard InChI is InChI=1S/C9H14B2NO2.C8H10O2/c1-12-3-2-5-4-6(13)7(14)8(10)9(5,12)11-8;1-9-7-5-3-4-6-8(7)10-2/h5-7,13-14H,2-4H2,1H3;3-6H,1-2H3/t5?,6?,7?,8?,9-;/m1./s1. The van der Waals surface area contributed by atoms with Gasteiger partial charge >= 0.3 is 0 Å². The Morgan fingerprint density at radius 3 is 2.33 bits per heavy atom. The number of aliphatic hydroxyl groups excluding tert-OH is 2. The van der Waals surface area contributed by atoms with Crippen LogP contribution in [0.5, 0.6) is 11.5 Å². The van der Waals surface area contributed by atoms with Gasteiger partial charge in [0, 0.05) is 0 Å². The molecule has 3 aliphatic rings. The van der Waals surface area contributed by atoms with Crippen LogP contribution in [0.4, 0.5) is 0 Å². The lowest BCUT2D eigenvalue weighted by Crippen LogP contribution is -2.49. The molecule has 5 atom stereocenters. The summed E-state index contributed by atoms with van der Waals surface area (Å²) >= 11 is 0. The predicted molar refractivity (Wildman–Crippen MR) is 93.8 cm³/mol. The summed E-state index contributed by atoms with van der Waals surface area (Å²) in [5.74, 6) is 1.96. The predicted octanol–water partition coefficient (Wildman–Crippen LogP) is 0.466. The first-order valence-corrected chi connectivity index (χ1v) is 8.31. The molecular formula is C17H24B2NO4. The largest absolute Gasteiger partial charge is 0.493 e. The van der Waals surface area contributed by atoms with Gasteiger partial charge in [0.2, 0.25) is 0 Å². The first kappa shape index (κ1) is 17.6. The van der Waals surface area contributed by atoms with Crippen LogP contribution in [0, 0.1) is 5.92 Å². The van der Waals surface area contributed by atoms with Crippen LogP contribution in [0.3, 0.4) is 0 Å². The zero-order chi connectivity index (χ0) is 17.5. The Labute approximate surface area is 145 Å². The lowest BCUT2D eigenvalue weighted by molar-refractivity contribution is -0.0402. The first-order chi connectivity index (χ1) is 11.4. The molecular weight excluding hydrogens is 304 g/mol. The van der Waals surface area contributed by atoms with Gasteiger partial charge in [-0.05, 0) is 49.9 Å². The van der Waals surface area contributed by atoms with Gasteiger partial charge in [0.05, 0.1) is 34.3 Å². The van der Waals surface area contributed by atoms with Crippen molar-refractivity contribution in [1.82, 2.24) is 4.90 Å². The molecule has 2 aliphatic heterocycles. The zero-order valence-electron chi connectivity index (χ0n) is 14.5. The minimum Gasteiger partial charge on any atom is -0.493 e. The summed E-state index contributed by atoms with van der Waals surface area (Å²) in [5.41, 5.74) is -0.119. The Hall–Kier alpha value is -1.17. The third-order valence-corrected chi connectivity index (χ3v) is 5.81. The molecule has 0 aromatic heterocycles. The lowest BCUT2D eigenvalue weighted by atomic mass is 9.62. The molecule has 1 aromatic rings. The number of para-hydroxylation sites is 2. The molecule has 3 radical (unpaired) electrons. The van der Waals surface area contributed by atoms with E-state index in [1.54, 1.807) is 14.2 Å². The number of nitrogens with zero attached hydrogens (tertiary/aromatic N) is 1. The highest BCUT2D eigenvalue weighted by molar-refractivity contribution is 6.73. The number of ether oxygens (including phenoxy) is 2. The van der Waals surface area contributed by atoms with Crippen LogP contribution in [0.2, 0.25) is 5.21 Å². The summed E-state index contributed by atoms with van der Waals surface area (Å²) in [5, 5.41) is 18.9. The topological polar surface area (TPSA) is 62.2 Å². The number of benzene rings is 1. The third kappa shape index (κ3) is 2.45. The molecule has 2 saturated heterocycles. The Bertz CT molecular complexity index is 581. The van der Waals surface area contributed by atoms with Crippen molar-refractivity contribution in [3.8, 4) is 11.5 Å². The van der Waals surface area contributed by atoms with Crippen LogP contribution >= 0.6 is 0 Å². The fourth-order valence-corrected chi connectivity index (χ4v) is 4.45. The van der Waals surface area contributed by atoms with Crippen LogP contribution in [0.15, 0.2) is 24.3 Å². The molecule has 1 aliphatic carbocycles. The summed E-state index contributed by atoms with van der Waals surface area (Å²) in [6.07, 6.45) is 0.319. The Morgan fingerprint density at radius 2 is 1.79 bits per heavy atom. The van der Waals surface area contributed by atoms with E-state index in [0.29, 0.717) is 12.3 Å². The molecule has 1 aromatic carbocycles. The second-order valence-corrected chi connectivity index (χ2v) is 6.91. The highest BCUT2D eigenvalue weighted by Crippen LogP contribution is 2.68. The van der Waals surface area contributed by atoms with E-state index in [1.807, 2.05) is 31.5 Å². The summed E-state index contributed by atoms with van der Waals surface area (Å²) in [6, 6.07) is 7.53. The van der Waals surface area contributed by atoms with Crippen molar-refractivity contribution in [2.75, 3.05) is 27.8 Å². The second-order valence-electron chi connectivity index (χ2n) is 6.91. The van der Waals surface area contributed by atoms with E-state index >= 15 is 0 Å². The molecule has 4 rings (SSSR count). The molecule has 7 heteroatoms. The average Bonchev–Trinajstić information content (AvgIpc) is 3.15. The SMILES string of the molecule is COc1ccccc1OC.[B]C12[B][C@@]13C(CCN3C)CC(O)C2O. The number of hydrogen-bond acceptors (Lipinski definition) is 5. The summed E-state index contributed by atoms with van der Waals surface area (Å²) in [7, 11) is 13.5. The molecule has 127 valence electrons. The molecule has 0 bridgehead atoms. The van der Waals surface area contributed by atoms with E-state index in [4.69, 9.17) is 17.3 Å². The van der Waals surface area contributed by atoms with Crippen LogP contribution in [0.25, 0.3) is 0 Å². The number of methoxy groups -OCH3 is 2. The molecule has 24 heavy (non-hydrogen) atoms. The second kappa shape index (κ2) is 6.28. The zero-order valence-corrected chi connectivity index (χ0v) is 14.5. The van der Waals surface area contributed by atoms with Crippen molar-refractivity contribution in [2.24, 2.45) is 5.92 Å². The quantitative estimate of drug-likeness (QED) is 0.773. The maximum absolute atomic E-state index is 9.87. The van der Waals surface area contributed by atoms with E-state index in [-0.39, 0.29) is 5.44 Å². The minimum absolute atomic E-state index is 0.119. The highest BCUT2D eigenvalue weighted by Gasteiger charge is 2.76. The van der Waals surface area contributed by atoms with Crippen molar-refractivity contribution in [3.63, 3.8) is 0 Å².